The highest BCUT2D eigenvalue weighted by Gasteiger charge is 2.11. The quantitative estimate of drug-likeness (QED) is 0.569. The summed E-state index contributed by atoms with van der Waals surface area (Å²) in [6, 6.07) is 15.7. The smallest absolute Gasteiger partial charge is 0.264 e. The first kappa shape index (κ1) is 16.0. The highest BCUT2D eigenvalue weighted by molar-refractivity contribution is 5.74. The third-order valence-corrected chi connectivity index (χ3v) is 4.04. The molecule has 5 nitrogen and oxygen atoms in total. The van der Waals surface area contributed by atoms with E-state index in [1.165, 1.54) is 33.9 Å². The molecule has 0 saturated heterocycles. The van der Waals surface area contributed by atoms with Gasteiger partial charge in [-0.1, -0.05) is 42.5 Å². The summed E-state index contributed by atoms with van der Waals surface area (Å²) in [6.07, 6.45) is 6.86. The van der Waals surface area contributed by atoms with Crippen LogP contribution >= 0.6 is 0 Å². The molecule has 2 aromatic heterocycles. The molecule has 0 spiro atoms. The fourth-order valence-electron chi connectivity index (χ4n) is 2.72. The van der Waals surface area contributed by atoms with Crippen molar-refractivity contribution in [2.75, 3.05) is 0 Å². The molecule has 0 fully saturated rings. The molecule has 26 heavy (non-hydrogen) atoms. The van der Waals surface area contributed by atoms with E-state index >= 15 is 0 Å². The highest BCUT2D eigenvalue weighted by atomic mass is 19.1. The van der Waals surface area contributed by atoms with Crippen molar-refractivity contribution in [3.05, 3.63) is 94.9 Å². The SMILES string of the molecule is O=c1c2cnn(-c3ccc(F)cc3)c2ncn1C/C=C/c1ccccc1. The normalized spacial score (nSPS) is 11.4. The van der Waals surface area contributed by atoms with Crippen LogP contribution in [0, 0.1) is 5.82 Å². The van der Waals surface area contributed by atoms with E-state index in [2.05, 4.69) is 10.1 Å². The third kappa shape index (κ3) is 3.04. The van der Waals surface area contributed by atoms with Crippen molar-refractivity contribution >= 4 is 17.1 Å². The fourth-order valence-corrected chi connectivity index (χ4v) is 2.72. The van der Waals surface area contributed by atoms with Crippen molar-refractivity contribution in [1.82, 2.24) is 19.3 Å². The van der Waals surface area contributed by atoms with E-state index < -0.39 is 0 Å². The van der Waals surface area contributed by atoms with Crippen molar-refractivity contribution < 1.29 is 4.39 Å². The van der Waals surface area contributed by atoms with Gasteiger partial charge in [0, 0.05) is 6.54 Å². The zero-order chi connectivity index (χ0) is 17.9. The maximum Gasteiger partial charge on any atom is 0.264 e. The number of halogens is 1. The molecule has 0 saturated carbocycles. The summed E-state index contributed by atoms with van der Waals surface area (Å²) in [7, 11) is 0. The van der Waals surface area contributed by atoms with Crippen LogP contribution in [-0.4, -0.2) is 19.3 Å². The fraction of sp³-hybridized carbons (Fsp3) is 0.0500. The van der Waals surface area contributed by atoms with Crippen LogP contribution in [0.25, 0.3) is 22.8 Å². The average Bonchev–Trinajstić information content (AvgIpc) is 3.10. The van der Waals surface area contributed by atoms with Gasteiger partial charge in [-0.05, 0) is 29.8 Å². The molecule has 0 unspecified atom stereocenters. The topological polar surface area (TPSA) is 52.7 Å². The molecule has 0 amide bonds. The lowest BCUT2D eigenvalue weighted by molar-refractivity contribution is 0.627. The third-order valence-electron chi connectivity index (χ3n) is 4.04. The molecule has 6 heteroatoms. The summed E-state index contributed by atoms with van der Waals surface area (Å²) in [6.45, 7) is 0.415. The summed E-state index contributed by atoms with van der Waals surface area (Å²) in [4.78, 5) is 17.0. The predicted molar refractivity (Wildman–Crippen MR) is 98.6 cm³/mol. The van der Waals surface area contributed by atoms with Crippen LogP contribution < -0.4 is 5.56 Å². The van der Waals surface area contributed by atoms with Gasteiger partial charge in [0.2, 0.25) is 0 Å². The lowest BCUT2D eigenvalue weighted by Crippen LogP contribution is -2.19. The van der Waals surface area contributed by atoms with Gasteiger partial charge in [0.25, 0.3) is 5.56 Å². The molecular formula is C20H15FN4O. The van der Waals surface area contributed by atoms with Crippen LogP contribution in [-0.2, 0) is 6.54 Å². The Balaban J connectivity index is 1.65. The number of fused-ring (bicyclic) bond motifs is 1. The summed E-state index contributed by atoms with van der Waals surface area (Å²) < 4.78 is 16.1. The van der Waals surface area contributed by atoms with Gasteiger partial charge in [0.1, 0.15) is 17.5 Å². The van der Waals surface area contributed by atoms with Gasteiger partial charge in [-0.2, -0.15) is 5.10 Å². The second kappa shape index (κ2) is 6.76. The molecular weight excluding hydrogens is 331 g/mol. The molecule has 2 aromatic carbocycles. The second-order valence-electron chi connectivity index (χ2n) is 5.79. The number of benzene rings is 2. The predicted octanol–water partition coefficient (Wildman–Crippen LogP) is 3.43. The monoisotopic (exact) mass is 346 g/mol. The minimum Gasteiger partial charge on any atom is -0.295 e. The van der Waals surface area contributed by atoms with Crippen molar-refractivity contribution in [3.8, 4) is 5.69 Å². The number of allylic oxidation sites excluding steroid dienone is 1. The highest BCUT2D eigenvalue weighted by Crippen LogP contribution is 2.14. The van der Waals surface area contributed by atoms with Gasteiger partial charge in [-0.15, -0.1) is 0 Å². The summed E-state index contributed by atoms with van der Waals surface area (Å²) in [5, 5.41) is 4.65. The Kier molecular flexibility index (Phi) is 4.15. The number of hydrogen-bond acceptors (Lipinski definition) is 3. The molecule has 0 radical (unpaired) electrons. The maximum absolute atomic E-state index is 13.1. The van der Waals surface area contributed by atoms with Gasteiger partial charge >= 0.3 is 0 Å². The van der Waals surface area contributed by atoms with Crippen LogP contribution in [0.15, 0.2) is 78.0 Å². The van der Waals surface area contributed by atoms with E-state index in [9.17, 15) is 9.18 Å². The zero-order valence-corrected chi connectivity index (χ0v) is 13.8. The van der Waals surface area contributed by atoms with Crippen LogP contribution in [0.3, 0.4) is 0 Å². The lowest BCUT2D eigenvalue weighted by Gasteiger charge is -2.04. The standard InChI is InChI=1S/C20H15FN4O/c21-16-8-10-17(11-9-16)25-19-18(13-23-25)20(26)24(14-22-19)12-4-7-15-5-2-1-3-6-15/h1-11,13-14H,12H2/b7-4+. The van der Waals surface area contributed by atoms with Crippen LogP contribution in [0.4, 0.5) is 4.39 Å². The Labute approximate surface area is 148 Å². The number of hydrogen-bond donors (Lipinski definition) is 0. The average molecular weight is 346 g/mol. The van der Waals surface area contributed by atoms with Crippen LogP contribution in [0.5, 0.6) is 0 Å². The van der Waals surface area contributed by atoms with E-state index in [0.717, 1.165) is 5.56 Å². The molecule has 4 aromatic rings. The zero-order valence-electron chi connectivity index (χ0n) is 13.8. The summed E-state index contributed by atoms with van der Waals surface area (Å²) in [5.74, 6) is -0.328. The minimum absolute atomic E-state index is 0.166. The van der Waals surface area contributed by atoms with E-state index in [-0.39, 0.29) is 11.4 Å². The number of rotatable bonds is 4. The molecule has 0 aliphatic heterocycles. The van der Waals surface area contributed by atoms with E-state index in [0.29, 0.717) is 23.3 Å². The van der Waals surface area contributed by atoms with Gasteiger partial charge in [0.05, 0.1) is 11.9 Å². The van der Waals surface area contributed by atoms with Gasteiger partial charge in [-0.25, -0.2) is 14.1 Å². The van der Waals surface area contributed by atoms with E-state index in [1.54, 1.807) is 12.1 Å². The Morgan fingerprint density at radius 1 is 1.04 bits per heavy atom. The van der Waals surface area contributed by atoms with Crippen molar-refractivity contribution in [2.24, 2.45) is 0 Å². The molecule has 0 aliphatic rings. The van der Waals surface area contributed by atoms with E-state index in [1.807, 2.05) is 42.5 Å². The Morgan fingerprint density at radius 2 is 1.81 bits per heavy atom. The minimum atomic E-state index is -0.328. The van der Waals surface area contributed by atoms with Crippen molar-refractivity contribution in [1.29, 1.82) is 0 Å². The Hall–Kier alpha value is -3.54. The number of aromatic nitrogens is 4. The Bertz CT molecular complexity index is 1130. The largest absolute Gasteiger partial charge is 0.295 e. The van der Waals surface area contributed by atoms with Crippen LogP contribution in [0.2, 0.25) is 0 Å². The summed E-state index contributed by atoms with van der Waals surface area (Å²) in [5.41, 5.74) is 2.00. The van der Waals surface area contributed by atoms with Gasteiger partial charge in [0.15, 0.2) is 5.65 Å². The molecule has 0 aliphatic carbocycles. The molecule has 4 rings (SSSR count). The first-order chi connectivity index (χ1) is 12.7. The van der Waals surface area contributed by atoms with Crippen molar-refractivity contribution in [3.63, 3.8) is 0 Å². The Morgan fingerprint density at radius 3 is 2.58 bits per heavy atom. The first-order valence-electron chi connectivity index (χ1n) is 8.13. The maximum atomic E-state index is 13.1. The lowest BCUT2D eigenvalue weighted by atomic mass is 10.2. The van der Waals surface area contributed by atoms with Crippen LogP contribution in [0.1, 0.15) is 5.56 Å². The summed E-state index contributed by atoms with van der Waals surface area (Å²) >= 11 is 0. The molecule has 0 N–H and O–H groups in total. The number of nitrogens with zero attached hydrogens (tertiary/aromatic N) is 4. The molecule has 2 heterocycles. The van der Waals surface area contributed by atoms with Gasteiger partial charge in [-0.3, -0.25) is 9.36 Å². The molecule has 0 bridgehead atoms. The van der Waals surface area contributed by atoms with Gasteiger partial charge < -0.3 is 0 Å². The molecule has 128 valence electrons. The molecule has 0 atom stereocenters. The second-order valence-corrected chi connectivity index (χ2v) is 5.79. The van der Waals surface area contributed by atoms with E-state index in [4.69, 9.17) is 0 Å². The van der Waals surface area contributed by atoms with Crippen molar-refractivity contribution in [2.45, 2.75) is 6.54 Å². The first-order valence-corrected chi connectivity index (χ1v) is 8.13.